The van der Waals surface area contributed by atoms with Crippen molar-refractivity contribution < 1.29 is 23.9 Å². The van der Waals surface area contributed by atoms with Crippen LogP contribution in [0.2, 0.25) is 0 Å². The maximum atomic E-state index is 12.3. The molecule has 2 aliphatic carbocycles. The van der Waals surface area contributed by atoms with E-state index in [-0.39, 0.29) is 25.1 Å². The average Bonchev–Trinajstić information content (AvgIpc) is 3.17. The van der Waals surface area contributed by atoms with Crippen LogP contribution >= 0.6 is 11.3 Å². The van der Waals surface area contributed by atoms with Gasteiger partial charge in [-0.25, -0.2) is 4.79 Å². The highest BCUT2D eigenvalue weighted by molar-refractivity contribution is 7.15. The van der Waals surface area contributed by atoms with E-state index >= 15 is 0 Å². The number of hydrogen-bond donors (Lipinski definition) is 1. The van der Waals surface area contributed by atoms with Crippen LogP contribution in [0.3, 0.4) is 0 Å². The summed E-state index contributed by atoms with van der Waals surface area (Å²) in [6, 6.07) is 0. The summed E-state index contributed by atoms with van der Waals surface area (Å²) in [6.45, 7) is 1.67. The number of esters is 2. The first-order valence-electron chi connectivity index (χ1n) is 8.99. The van der Waals surface area contributed by atoms with Gasteiger partial charge in [-0.1, -0.05) is 12.2 Å². The van der Waals surface area contributed by atoms with E-state index in [0.29, 0.717) is 22.9 Å². The predicted molar refractivity (Wildman–Crippen MR) is 98.3 cm³/mol. The van der Waals surface area contributed by atoms with E-state index < -0.39 is 11.9 Å². The molecule has 1 atom stereocenters. The van der Waals surface area contributed by atoms with Crippen molar-refractivity contribution in [2.45, 2.75) is 44.9 Å². The maximum absolute atomic E-state index is 12.3. The second-order valence-corrected chi connectivity index (χ2v) is 7.45. The Kier molecular flexibility index (Phi) is 6.08. The molecule has 1 aromatic heterocycles. The van der Waals surface area contributed by atoms with Gasteiger partial charge in [0.1, 0.15) is 5.00 Å². The molecule has 0 bridgehead atoms. The molecule has 0 spiro atoms. The van der Waals surface area contributed by atoms with Gasteiger partial charge in [0.05, 0.1) is 18.6 Å². The Morgan fingerprint density at radius 3 is 2.69 bits per heavy atom. The van der Waals surface area contributed by atoms with Crippen LogP contribution < -0.4 is 5.32 Å². The van der Waals surface area contributed by atoms with E-state index in [1.54, 1.807) is 6.92 Å². The number of thiophene rings is 1. The summed E-state index contributed by atoms with van der Waals surface area (Å²) in [5.41, 5.74) is 1.38. The number of carbonyl (C=O) groups is 3. The summed E-state index contributed by atoms with van der Waals surface area (Å²) < 4.78 is 10.2. The highest BCUT2D eigenvalue weighted by atomic mass is 32.1. The Bertz CT molecular complexity index is 720. The van der Waals surface area contributed by atoms with Gasteiger partial charge in [0.15, 0.2) is 6.61 Å². The van der Waals surface area contributed by atoms with Crippen LogP contribution in [0.4, 0.5) is 5.00 Å². The molecule has 0 unspecified atom stereocenters. The SMILES string of the molecule is CCOC(=O)c1c(C2CC2)csc1NC(=O)COC(=O)C[C@@H]1C=CCC1. The van der Waals surface area contributed by atoms with Gasteiger partial charge in [0.2, 0.25) is 0 Å². The fourth-order valence-electron chi connectivity index (χ4n) is 3.02. The van der Waals surface area contributed by atoms with Crippen molar-refractivity contribution in [2.24, 2.45) is 5.92 Å². The molecule has 1 heterocycles. The van der Waals surface area contributed by atoms with Gasteiger partial charge in [-0.2, -0.15) is 0 Å². The lowest BCUT2D eigenvalue weighted by molar-refractivity contribution is -0.147. The van der Waals surface area contributed by atoms with E-state index in [9.17, 15) is 14.4 Å². The number of ether oxygens (including phenoxy) is 2. The Labute approximate surface area is 156 Å². The molecule has 1 aromatic rings. The molecule has 1 fully saturated rings. The second-order valence-electron chi connectivity index (χ2n) is 6.57. The van der Waals surface area contributed by atoms with Gasteiger partial charge in [-0.05, 0) is 55.4 Å². The molecule has 26 heavy (non-hydrogen) atoms. The lowest BCUT2D eigenvalue weighted by atomic mass is 10.1. The van der Waals surface area contributed by atoms with Crippen molar-refractivity contribution in [1.29, 1.82) is 0 Å². The van der Waals surface area contributed by atoms with Crippen LogP contribution in [0.5, 0.6) is 0 Å². The number of rotatable bonds is 8. The molecule has 7 heteroatoms. The molecule has 1 amide bonds. The van der Waals surface area contributed by atoms with Gasteiger partial charge in [0.25, 0.3) is 5.91 Å². The Morgan fingerprint density at radius 2 is 2.04 bits per heavy atom. The molecule has 1 saturated carbocycles. The summed E-state index contributed by atoms with van der Waals surface area (Å²) in [5, 5.41) is 5.05. The molecule has 140 valence electrons. The van der Waals surface area contributed by atoms with E-state index in [2.05, 4.69) is 11.4 Å². The van der Waals surface area contributed by atoms with Crippen LogP contribution in [0.25, 0.3) is 0 Å². The third-order valence-corrected chi connectivity index (χ3v) is 5.39. The van der Waals surface area contributed by atoms with Gasteiger partial charge < -0.3 is 14.8 Å². The largest absolute Gasteiger partial charge is 0.462 e. The van der Waals surface area contributed by atoms with Crippen LogP contribution in [0, 0.1) is 5.92 Å². The van der Waals surface area contributed by atoms with Crippen LogP contribution in [0.1, 0.15) is 60.9 Å². The normalized spacial score (nSPS) is 18.6. The third kappa shape index (κ3) is 4.72. The zero-order valence-corrected chi connectivity index (χ0v) is 15.6. The summed E-state index contributed by atoms with van der Waals surface area (Å²) in [5.74, 6) is -0.675. The molecule has 6 nitrogen and oxygen atoms in total. The molecule has 0 radical (unpaired) electrons. The predicted octanol–water partition coefficient (Wildman–Crippen LogP) is 3.64. The second kappa shape index (κ2) is 8.49. The number of allylic oxidation sites excluding steroid dienone is 2. The molecule has 1 N–H and O–H groups in total. The maximum Gasteiger partial charge on any atom is 0.341 e. The number of carbonyl (C=O) groups excluding carboxylic acids is 3. The lowest BCUT2D eigenvalue weighted by Gasteiger charge is -2.10. The highest BCUT2D eigenvalue weighted by Crippen LogP contribution is 2.46. The summed E-state index contributed by atoms with van der Waals surface area (Å²) in [7, 11) is 0. The fraction of sp³-hybridized carbons (Fsp3) is 0.526. The van der Waals surface area contributed by atoms with Crippen LogP contribution in [-0.2, 0) is 19.1 Å². The van der Waals surface area contributed by atoms with Crippen molar-refractivity contribution >= 4 is 34.2 Å². The van der Waals surface area contributed by atoms with Gasteiger partial charge in [-0.3, -0.25) is 9.59 Å². The van der Waals surface area contributed by atoms with Crippen LogP contribution in [-0.4, -0.2) is 31.1 Å². The molecule has 2 aliphatic rings. The number of amides is 1. The fourth-order valence-corrected chi connectivity index (χ4v) is 4.07. The van der Waals surface area contributed by atoms with E-state index in [0.717, 1.165) is 31.2 Å². The first-order chi connectivity index (χ1) is 12.6. The Balaban J connectivity index is 1.55. The van der Waals surface area contributed by atoms with Crippen molar-refractivity contribution in [1.82, 2.24) is 0 Å². The summed E-state index contributed by atoms with van der Waals surface area (Å²) in [6.07, 6.45) is 8.38. The number of nitrogens with one attached hydrogen (secondary N) is 1. The van der Waals surface area contributed by atoms with Gasteiger partial charge >= 0.3 is 11.9 Å². The molecular weight excluding hydrogens is 354 g/mol. The van der Waals surface area contributed by atoms with Crippen molar-refractivity contribution in [3.8, 4) is 0 Å². The zero-order valence-electron chi connectivity index (χ0n) is 14.8. The van der Waals surface area contributed by atoms with Gasteiger partial charge in [-0.15, -0.1) is 11.3 Å². The average molecular weight is 377 g/mol. The topological polar surface area (TPSA) is 81.7 Å². The van der Waals surface area contributed by atoms with E-state index in [1.807, 2.05) is 11.5 Å². The third-order valence-electron chi connectivity index (χ3n) is 4.47. The first kappa shape index (κ1) is 18.6. The van der Waals surface area contributed by atoms with Crippen molar-refractivity contribution in [3.05, 3.63) is 28.7 Å². The molecule has 0 aliphatic heterocycles. The lowest BCUT2D eigenvalue weighted by Crippen LogP contribution is -2.22. The molecule has 3 rings (SSSR count). The van der Waals surface area contributed by atoms with E-state index in [4.69, 9.17) is 9.47 Å². The minimum atomic E-state index is -0.449. The van der Waals surface area contributed by atoms with Crippen molar-refractivity contribution in [3.63, 3.8) is 0 Å². The van der Waals surface area contributed by atoms with E-state index in [1.165, 1.54) is 11.3 Å². The highest BCUT2D eigenvalue weighted by Gasteiger charge is 2.32. The molecule has 0 aromatic carbocycles. The van der Waals surface area contributed by atoms with Crippen molar-refractivity contribution in [2.75, 3.05) is 18.5 Å². The molecule has 0 saturated heterocycles. The monoisotopic (exact) mass is 377 g/mol. The first-order valence-corrected chi connectivity index (χ1v) is 9.87. The molecular formula is C19H23NO5S. The summed E-state index contributed by atoms with van der Waals surface area (Å²) >= 11 is 1.31. The Morgan fingerprint density at radius 1 is 1.23 bits per heavy atom. The standard InChI is InChI=1S/C19H23NO5S/c1-2-24-19(23)17-14(13-7-8-13)11-26-18(17)20-15(21)10-25-16(22)9-12-5-3-4-6-12/h3,5,11-13H,2,4,6-10H2,1H3,(H,20,21)/t12-/m1/s1. The summed E-state index contributed by atoms with van der Waals surface area (Å²) in [4.78, 5) is 36.2. The minimum Gasteiger partial charge on any atom is -0.462 e. The quantitative estimate of drug-likeness (QED) is 0.552. The van der Waals surface area contributed by atoms with Gasteiger partial charge in [0, 0.05) is 0 Å². The minimum absolute atomic E-state index is 0.208. The van der Waals surface area contributed by atoms with Crippen LogP contribution in [0.15, 0.2) is 17.5 Å². The zero-order chi connectivity index (χ0) is 18.5. The smallest absolute Gasteiger partial charge is 0.341 e. The number of anilines is 1. The Hall–Kier alpha value is -2.15. The number of hydrogen-bond acceptors (Lipinski definition) is 6.